The second-order valence-corrected chi connectivity index (χ2v) is 8.06. The van der Waals surface area contributed by atoms with E-state index in [1.54, 1.807) is 11.3 Å². The summed E-state index contributed by atoms with van der Waals surface area (Å²) in [7, 11) is 1.92. The van der Waals surface area contributed by atoms with Crippen LogP contribution in [0.15, 0.2) is 5.38 Å². The van der Waals surface area contributed by atoms with E-state index in [4.69, 9.17) is 4.74 Å². The lowest BCUT2D eigenvalue weighted by atomic mass is 9.67. The van der Waals surface area contributed by atoms with Crippen LogP contribution in [0.2, 0.25) is 0 Å². The van der Waals surface area contributed by atoms with Crippen molar-refractivity contribution in [2.45, 2.75) is 52.2 Å². The lowest BCUT2D eigenvalue weighted by Crippen LogP contribution is -2.48. The number of rotatable bonds is 6. The Morgan fingerprint density at radius 2 is 2.42 bits per heavy atom. The molecule has 0 radical (unpaired) electrons. The van der Waals surface area contributed by atoms with E-state index in [0.717, 1.165) is 30.2 Å². The Morgan fingerprint density at radius 1 is 1.58 bits per heavy atom. The molecule has 1 aromatic rings. The number of hydrogen-bond acceptors (Lipinski definition) is 5. The first kappa shape index (κ1) is 17.8. The number of carbonyl (C=O) groups excluding carboxylic acids is 1. The zero-order valence-corrected chi connectivity index (χ0v) is 15.8. The van der Waals surface area contributed by atoms with Gasteiger partial charge in [-0.3, -0.25) is 4.79 Å². The zero-order chi connectivity index (χ0) is 17.2. The molecule has 1 amide bonds. The lowest BCUT2D eigenvalue weighted by Gasteiger charge is -2.39. The van der Waals surface area contributed by atoms with Gasteiger partial charge in [-0.05, 0) is 39.2 Å². The van der Waals surface area contributed by atoms with Crippen LogP contribution in [0.4, 0.5) is 0 Å². The predicted octanol–water partition coefficient (Wildman–Crippen LogP) is 2.98. The largest absolute Gasteiger partial charge is 0.372 e. The molecule has 3 rings (SSSR count). The van der Waals surface area contributed by atoms with Crippen molar-refractivity contribution in [1.29, 1.82) is 0 Å². The van der Waals surface area contributed by atoms with Crippen molar-refractivity contribution in [3.05, 3.63) is 16.1 Å². The summed E-state index contributed by atoms with van der Waals surface area (Å²) in [5, 5.41) is 6.50. The number of amides is 1. The van der Waals surface area contributed by atoms with Gasteiger partial charge in [-0.2, -0.15) is 0 Å². The minimum Gasteiger partial charge on any atom is -0.372 e. The molecule has 0 bridgehead atoms. The normalized spacial score (nSPS) is 27.7. The zero-order valence-electron chi connectivity index (χ0n) is 15.0. The molecular formula is C18H29N3O2S. The van der Waals surface area contributed by atoms with Crippen molar-refractivity contribution in [1.82, 2.24) is 15.2 Å². The predicted molar refractivity (Wildman–Crippen MR) is 95.9 cm³/mol. The molecule has 6 heteroatoms. The van der Waals surface area contributed by atoms with E-state index in [-0.39, 0.29) is 11.5 Å². The summed E-state index contributed by atoms with van der Waals surface area (Å²) in [5.74, 6) is 0.801. The van der Waals surface area contributed by atoms with Gasteiger partial charge in [0.15, 0.2) is 0 Å². The molecule has 0 spiro atoms. The molecule has 1 aliphatic heterocycles. The molecule has 2 aliphatic rings. The molecule has 0 aromatic carbocycles. The molecule has 1 aromatic heterocycles. The quantitative estimate of drug-likeness (QED) is 0.856. The number of aromatic nitrogens is 1. The Balaban J connectivity index is 1.66. The van der Waals surface area contributed by atoms with Crippen molar-refractivity contribution in [3.63, 3.8) is 0 Å². The van der Waals surface area contributed by atoms with Crippen molar-refractivity contribution in [2.75, 3.05) is 26.7 Å². The van der Waals surface area contributed by atoms with E-state index in [9.17, 15) is 4.79 Å². The molecular weight excluding hydrogens is 322 g/mol. The fourth-order valence-corrected chi connectivity index (χ4v) is 5.08. The Bertz CT molecular complexity index is 576. The monoisotopic (exact) mass is 351 g/mol. The summed E-state index contributed by atoms with van der Waals surface area (Å²) in [5.41, 5.74) is 0.789. The van der Waals surface area contributed by atoms with Gasteiger partial charge in [-0.15, -0.1) is 11.3 Å². The van der Waals surface area contributed by atoms with Gasteiger partial charge in [0.25, 0.3) is 0 Å². The van der Waals surface area contributed by atoms with E-state index in [1.807, 2.05) is 25.8 Å². The lowest BCUT2D eigenvalue weighted by molar-refractivity contribution is -0.144. The first-order chi connectivity index (χ1) is 11.6. The number of thiazole rings is 1. The summed E-state index contributed by atoms with van der Waals surface area (Å²) in [6.07, 6.45) is 4.66. The number of nitrogens with zero attached hydrogens (tertiary/aromatic N) is 2. The molecule has 2 fully saturated rings. The van der Waals surface area contributed by atoms with Crippen molar-refractivity contribution in [2.24, 2.45) is 11.3 Å². The smallest absolute Gasteiger partial charge is 0.230 e. The highest BCUT2D eigenvalue weighted by Crippen LogP contribution is 2.45. The Morgan fingerprint density at radius 3 is 3.21 bits per heavy atom. The van der Waals surface area contributed by atoms with Crippen molar-refractivity contribution >= 4 is 17.2 Å². The van der Waals surface area contributed by atoms with Crippen molar-refractivity contribution in [3.8, 4) is 0 Å². The van der Waals surface area contributed by atoms with Crippen LogP contribution in [0.1, 0.15) is 56.3 Å². The second kappa shape index (κ2) is 7.50. The third-order valence-corrected chi connectivity index (χ3v) is 6.60. The summed E-state index contributed by atoms with van der Waals surface area (Å²) in [4.78, 5) is 19.7. The number of hydrogen-bond donors (Lipinski definition) is 1. The maximum atomic E-state index is 13.2. The first-order valence-electron chi connectivity index (χ1n) is 9.09. The van der Waals surface area contributed by atoms with Crippen LogP contribution in [0.25, 0.3) is 0 Å². The Labute approximate surface area is 148 Å². The summed E-state index contributed by atoms with van der Waals surface area (Å²) >= 11 is 1.62. The molecule has 5 nitrogen and oxygen atoms in total. The molecule has 1 saturated carbocycles. The summed E-state index contributed by atoms with van der Waals surface area (Å²) in [6, 6.07) is 0. The van der Waals surface area contributed by atoms with Crippen LogP contribution < -0.4 is 5.32 Å². The molecule has 1 N–H and O–H groups in total. The molecule has 3 atom stereocenters. The molecule has 1 saturated heterocycles. The second-order valence-electron chi connectivity index (χ2n) is 7.17. The maximum absolute atomic E-state index is 13.2. The average molecular weight is 352 g/mol. The van der Waals surface area contributed by atoms with Gasteiger partial charge in [0.1, 0.15) is 11.1 Å². The van der Waals surface area contributed by atoms with Crippen LogP contribution in [0, 0.1) is 11.3 Å². The van der Waals surface area contributed by atoms with Crippen LogP contribution in [-0.2, 0) is 16.1 Å². The molecule has 24 heavy (non-hydrogen) atoms. The van der Waals surface area contributed by atoms with Crippen LogP contribution in [-0.4, -0.2) is 42.5 Å². The highest BCUT2D eigenvalue weighted by atomic mass is 32.1. The molecule has 1 aliphatic carbocycles. The van der Waals surface area contributed by atoms with E-state index >= 15 is 0 Å². The average Bonchev–Trinajstić information content (AvgIpc) is 3.21. The van der Waals surface area contributed by atoms with Gasteiger partial charge < -0.3 is 15.0 Å². The van der Waals surface area contributed by atoms with Gasteiger partial charge in [0, 0.05) is 25.6 Å². The number of ether oxygens (including phenoxy) is 1. The summed E-state index contributed by atoms with van der Waals surface area (Å²) < 4.78 is 5.60. The van der Waals surface area contributed by atoms with Gasteiger partial charge >= 0.3 is 0 Å². The number of nitrogens with one attached hydrogen (secondary N) is 1. The van der Waals surface area contributed by atoms with E-state index in [1.165, 1.54) is 19.3 Å². The minimum absolute atomic E-state index is 0.0232. The first-order valence-corrected chi connectivity index (χ1v) is 9.97. The Kier molecular flexibility index (Phi) is 5.57. The van der Waals surface area contributed by atoms with Crippen LogP contribution in [0.3, 0.4) is 0 Å². The highest BCUT2D eigenvalue weighted by molar-refractivity contribution is 7.09. The number of carbonyl (C=O) groups is 1. The maximum Gasteiger partial charge on any atom is 0.230 e. The SMILES string of the molecule is CCOC(C)c1nc(CN(C)C(=O)[C@@]23CCCC[C@H]2CNC3)cs1. The van der Waals surface area contributed by atoms with Gasteiger partial charge in [0.05, 0.1) is 17.7 Å². The number of fused-ring (bicyclic) bond motifs is 1. The minimum atomic E-state index is -0.176. The van der Waals surface area contributed by atoms with E-state index < -0.39 is 0 Å². The highest BCUT2D eigenvalue weighted by Gasteiger charge is 2.50. The Hall–Kier alpha value is -0.980. The topological polar surface area (TPSA) is 54.5 Å². The fraction of sp³-hybridized carbons (Fsp3) is 0.778. The fourth-order valence-electron chi connectivity index (χ4n) is 4.27. The van der Waals surface area contributed by atoms with E-state index in [0.29, 0.717) is 25.0 Å². The summed E-state index contributed by atoms with van der Waals surface area (Å²) in [6.45, 7) is 7.12. The molecule has 2 heterocycles. The van der Waals surface area contributed by atoms with Crippen LogP contribution >= 0.6 is 11.3 Å². The van der Waals surface area contributed by atoms with Gasteiger partial charge in [-0.1, -0.05) is 12.8 Å². The van der Waals surface area contributed by atoms with Gasteiger partial charge in [0.2, 0.25) is 5.91 Å². The third kappa shape index (κ3) is 3.37. The third-order valence-electron chi connectivity index (χ3n) is 5.54. The van der Waals surface area contributed by atoms with Crippen LogP contribution in [0.5, 0.6) is 0 Å². The molecule has 1 unspecified atom stereocenters. The molecule has 134 valence electrons. The van der Waals surface area contributed by atoms with Gasteiger partial charge in [-0.25, -0.2) is 4.98 Å². The van der Waals surface area contributed by atoms with Crippen molar-refractivity contribution < 1.29 is 9.53 Å². The van der Waals surface area contributed by atoms with E-state index in [2.05, 4.69) is 15.7 Å². The standard InChI is InChI=1S/C18H29N3O2S/c1-4-23-13(2)16-20-15(11-24-16)10-21(3)17(22)18-8-6-5-7-14(18)9-19-12-18/h11,13-14,19H,4-10,12H2,1-3H3/t13?,14-,18+/m0/s1.